The molecule has 0 aliphatic heterocycles. The van der Waals surface area contributed by atoms with Gasteiger partial charge in [0.15, 0.2) is 0 Å². The second kappa shape index (κ2) is 8.10. The third-order valence-corrected chi connectivity index (χ3v) is 4.58. The van der Waals surface area contributed by atoms with Crippen molar-refractivity contribution >= 4 is 58.3 Å². The molecule has 118 valence electrons. The highest BCUT2D eigenvalue weighted by atomic mass is 35.5. The molecule has 5 nitrogen and oxygen atoms in total. The van der Waals surface area contributed by atoms with Gasteiger partial charge in [0.05, 0.1) is 21.7 Å². The molecule has 0 fully saturated rings. The van der Waals surface area contributed by atoms with Crippen molar-refractivity contribution in [2.75, 3.05) is 11.6 Å². The number of nitrogens with zero attached hydrogens (tertiary/aromatic N) is 2. The van der Waals surface area contributed by atoms with E-state index in [9.17, 15) is 4.79 Å². The van der Waals surface area contributed by atoms with E-state index in [2.05, 4.69) is 15.5 Å². The standard InChI is InChI=1S/C13H13Cl2N3O2S2/c1-7(22-13-18-17-11(20-13)6-21-2)12(19)16-10-5-8(14)3-4-9(10)15/h3-5,7H,6H2,1-2H3,(H,16,19). The molecule has 2 rings (SSSR count). The summed E-state index contributed by atoms with van der Waals surface area (Å²) in [5.74, 6) is 0.964. The largest absolute Gasteiger partial charge is 0.415 e. The molecule has 0 aliphatic rings. The fourth-order valence-corrected chi connectivity index (χ4v) is 2.90. The van der Waals surface area contributed by atoms with Crippen LogP contribution in [-0.4, -0.2) is 27.6 Å². The van der Waals surface area contributed by atoms with Crippen molar-refractivity contribution in [1.82, 2.24) is 10.2 Å². The predicted octanol–water partition coefficient (Wildman–Crippen LogP) is 4.36. The Balaban J connectivity index is 1.98. The zero-order valence-electron chi connectivity index (χ0n) is 11.8. The fourth-order valence-electron chi connectivity index (χ4n) is 1.50. The molecule has 0 radical (unpaired) electrons. The number of halogens is 2. The van der Waals surface area contributed by atoms with Gasteiger partial charge in [-0.25, -0.2) is 0 Å². The normalized spacial score (nSPS) is 12.2. The summed E-state index contributed by atoms with van der Waals surface area (Å²) < 4.78 is 5.43. The number of anilines is 1. The number of hydrogen-bond donors (Lipinski definition) is 1. The number of benzene rings is 1. The van der Waals surface area contributed by atoms with Gasteiger partial charge in [0.25, 0.3) is 5.22 Å². The maximum atomic E-state index is 12.2. The van der Waals surface area contributed by atoms with Crippen molar-refractivity contribution < 1.29 is 9.21 Å². The molecule has 0 aliphatic carbocycles. The van der Waals surface area contributed by atoms with Gasteiger partial charge in [-0.1, -0.05) is 35.0 Å². The Bertz CT molecular complexity index is 666. The molecule has 1 N–H and O–H groups in total. The fraction of sp³-hybridized carbons (Fsp3) is 0.308. The molecule has 9 heteroatoms. The number of nitrogens with one attached hydrogen (secondary N) is 1. The van der Waals surface area contributed by atoms with Crippen LogP contribution in [0.5, 0.6) is 0 Å². The van der Waals surface area contributed by atoms with Crippen LogP contribution in [0.3, 0.4) is 0 Å². The smallest absolute Gasteiger partial charge is 0.277 e. The Kier molecular flexibility index (Phi) is 6.43. The lowest BCUT2D eigenvalue weighted by Gasteiger charge is -2.11. The summed E-state index contributed by atoms with van der Waals surface area (Å²) in [4.78, 5) is 12.2. The van der Waals surface area contributed by atoms with Gasteiger partial charge in [-0.2, -0.15) is 11.8 Å². The van der Waals surface area contributed by atoms with Crippen molar-refractivity contribution in [2.24, 2.45) is 0 Å². The van der Waals surface area contributed by atoms with Crippen LogP contribution in [0, 0.1) is 0 Å². The van der Waals surface area contributed by atoms with Gasteiger partial charge in [-0.15, -0.1) is 10.2 Å². The maximum absolute atomic E-state index is 12.2. The first-order valence-electron chi connectivity index (χ1n) is 6.23. The summed E-state index contributed by atoms with van der Waals surface area (Å²) >= 11 is 14.7. The van der Waals surface area contributed by atoms with Crippen LogP contribution in [0.4, 0.5) is 5.69 Å². The van der Waals surface area contributed by atoms with Gasteiger partial charge in [0.2, 0.25) is 11.8 Å². The second-order valence-corrected chi connectivity index (χ2v) is 7.27. The van der Waals surface area contributed by atoms with Crippen molar-refractivity contribution in [3.05, 3.63) is 34.1 Å². The van der Waals surface area contributed by atoms with Gasteiger partial charge in [0.1, 0.15) is 0 Å². The molecule has 0 bridgehead atoms. The maximum Gasteiger partial charge on any atom is 0.277 e. The summed E-state index contributed by atoms with van der Waals surface area (Å²) in [6.07, 6.45) is 1.95. The van der Waals surface area contributed by atoms with E-state index in [0.717, 1.165) is 0 Å². The highest BCUT2D eigenvalue weighted by Gasteiger charge is 2.19. The number of hydrogen-bond acceptors (Lipinski definition) is 6. The molecule has 0 spiro atoms. The summed E-state index contributed by atoms with van der Waals surface area (Å²) in [7, 11) is 0. The number of aromatic nitrogens is 2. The molecule has 0 saturated heterocycles. The Hall–Kier alpha value is -0.890. The van der Waals surface area contributed by atoms with Crippen LogP contribution in [0.25, 0.3) is 0 Å². The molecule has 1 unspecified atom stereocenters. The molecular weight excluding hydrogens is 365 g/mol. The van der Waals surface area contributed by atoms with Gasteiger partial charge < -0.3 is 9.73 Å². The van der Waals surface area contributed by atoms with Crippen LogP contribution >= 0.6 is 46.7 Å². The van der Waals surface area contributed by atoms with Gasteiger partial charge >= 0.3 is 0 Å². The number of carbonyl (C=O) groups is 1. The Labute approximate surface area is 146 Å². The molecule has 1 aromatic heterocycles. The van der Waals surface area contributed by atoms with E-state index in [1.807, 2.05) is 6.26 Å². The molecule has 2 aromatic rings. The first-order valence-corrected chi connectivity index (χ1v) is 9.26. The van der Waals surface area contributed by atoms with E-state index < -0.39 is 5.25 Å². The van der Waals surface area contributed by atoms with Crippen molar-refractivity contribution in [3.8, 4) is 0 Å². The van der Waals surface area contributed by atoms with Crippen molar-refractivity contribution in [2.45, 2.75) is 23.1 Å². The van der Waals surface area contributed by atoms with Gasteiger partial charge in [-0.3, -0.25) is 4.79 Å². The second-order valence-electron chi connectivity index (χ2n) is 4.27. The Morgan fingerprint density at radius 3 is 2.91 bits per heavy atom. The monoisotopic (exact) mass is 377 g/mol. The van der Waals surface area contributed by atoms with Crippen LogP contribution in [0.2, 0.25) is 10.0 Å². The average molecular weight is 378 g/mol. The summed E-state index contributed by atoms with van der Waals surface area (Å²) in [6, 6.07) is 4.88. The molecule has 0 saturated carbocycles. The van der Waals surface area contributed by atoms with Gasteiger partial charge in [-0.05, 0) is 31.4 Å². The van der Waals surface area contributed by atoms with E-state index >= 15 is 0 Å². The minimum Gasteiger partial charge on any atom is -0.415 e. The third-order valence-electron chi connectivity index (χ3n) is 2.55. The lowest BCUT2D eigenvalue weighted by Crippen LogP contribution is -2.22. The minimum absolute atomic E-state index is 0.223. The Morgan fingerprint density at radius 1 is 1.41 bits per heavy atom. The van der Waals surface area contributed by atoms with E-state index in [0.29, 0.717) is 32.6 Å². The number of rotatable bonds is 6. The predicted molar refractivity (Wildman–Crippen MR) is 91.9 cm³/mol. The highest BCUT2D eigenvalue weighted by molar-refractivity contribution is 8.00. The quantitative estimate of drug-likeness (QED) is 0.754. The lowest BCUT2D eigenvalue weighted by atomic mass is 10.3. The molecular formula is C13H13Cl2N3O2S2. The minimum atomic E-state index is -0.419. The number of thioether (sulfide) groups is 2. The number of carbonyl (C=O) groups excluding carboxylic acids is 1. The molecule has 1 atom stereocenters. The lowest BCUT2D eigenvalue weighted by molar-refractivity contribution is -0.115. The third kappa shape index (κ3) is 4.81. The highest BCUT2D eigenvalue weighted by Crippen LogP contribution is 2.28. The van der Waals surface area contributed by atoms with Crippen molar-refractivity contribution in [1.29, 1.82) is 0 Å². The van der Waals surface area contributed by atoms with Crippen LogP contribution in [0.1, 0.15) is 12.8 Å². The van der Waals surface area contributed by atoms with Crippen LogP contribution < -0.4 is 5.32 Å². The molecule has 1 aromatic carbocycles. The van der Waals surface area contributed by atoms with E-state index in [1.165, 1.54) is 11.8 Å². The zero-order chi connectivity index (χ0) is 16.1. The van der Waals surface area contributed by atoms with Crippen LogP contribution in [-0.2, 0) is 10.5 Å². The molecule has 1 amide bonds. The Morgan fingerprint density at radius 2 is 2.18 bits per heavy atom. The SMILES string of the molecule is CSCc1nnc(SC(C)C(=O)Nc2cc(Cl)ccc2Cl)o1. The van der Waals surface area contributed by atoms with E-state index in [-0.39, 0.29) is 5.91 Å². The van der Waals surface area contributed by atoms with E-state index in [4.69, 9.17) is 27.6 Å². The first-order chi connectivity index (χ1) is 10.5. The van der Waals surface area contributed by atoms with Gasteiger partial charge in [0, 0.05) is 5.02 Å². The topological polar surface area (TPSA) is 68.0 Å². The molecule has 1 heterocycles. The summed E-state index contributed by atoms with van der Waals surface area (Å²) in [5, 5.41) is 11.4. The average Bonchev–Trinajstić information content (AvgIpc) is 2.90. The number of amides is 1. The first kappa shape index (κ1) is 17.5. The van der Waals surface area contributed by atoms with E-state index in [1.54, 1.807) is 36.9 Å². The zero-order valence-corrected chi connectivity index (χ0v) is 14.9. The molecule has 22 heavy (non-hydrogen) atoms. The summed E-state index contributed by atoms with van der Waals surface area (Å²) in [6.45, 7) is 1.75. The van der Waals surface area contributed by atoms with Crippen LogP contribution in [0.15, 0.2) is 27.8 Å². The summed E-state index contributed by atoms with van der Waals surface area (Å²) in [5.41, 5.74) is 0.472. The van der Waals surface area contributed by atoms with Crippen molar-refractivity contribution in [3.63, 3.8) is 0 Å².